The number of nitrogens with one attached hydrogen (secondary N) is 1. The Morgan fingerprint density at radius 2 is 2.05 bits per heavy atom. The van der Waals surface area contributed by atoms with Gasteiger partial charge in [-0.15, -0.1) is 0 Å². The van der Waals surface area contributed by atoms with Crippen LogP contribution in [0, 0.1) is 0 Å². The predicted octanol–water partition coefficient (Wildman–Crippen LogP) is 1.80. The van der Waals surface area contributed by atoms with Gasteiger partial charge in [-0.25, -0.2) is 0 Å². The zero-order valence-corrected chi connectivity index (χ0v) is 11.1. The summed E-state index contributed by atoms with van der Waals surface area (Å²) in [7, 11) is 0. The highest BCUT2D eigenvalue weighted by Crippen LogP contribution is 2.17. The fourth-order valence-corrected chi connectivity index (χ4v) is 2.42. The largest absolute Gasteiger partial charge is 0.379 e. The fourth-order valence-electron chi connectivity index (χ4n) is 2.42. The van der Waals surface area contributed by atoms with Gasteiger partial charge >= 0.3 is 0 Å². The third kappa shape index (κ3) is 2.77. The lowest BCUT2D eigenvalue weighted by Gasteiger charge is -2.17. The molecule has 1 aliphatic heterocycles. The summed E-state index contributed by atoms with van der Waals surface area (Å²) in [5.41, 5.74) is 1.69. The number of carbonyl (C=O) groups is 1. The molecule has 2 aromatic heterocycles. The second kappa shape index (κ2) is 5.69. The summed E-state index contributed by atoms with van der Waals surface area (Å²) in [6.45, 7) is 1.50. The number of nitrogens with zero attached hydrogens (tertiary/aromatic N) is 3. The van der Waals surface area contributed by atoms with E-state index < -0.39 is 0 Å². The molecule has 5 heteroatoms. The van der Waals surface area contributed by atoms with E-state index in [1.54, 1.807) is 36.9 Å². The highest BCUT2D eigenvalue weighted by molar-refractivity contribution is 5.94. The molecule has 102 valence electrons. The molecule has 1 fully saturated rings. The first-order valence-corrected chi connectivity index (χ1v) is 6.69. The van der Waals surface area contributed by atoms with Crippen molar-refractivity contribution in [1.29, 1.82) is 0 Å². The minimum absolute atomic E-state index is 0.0721. The number of likely N-dealkylation sites (tertiary alicyclic amines) is 1. The summed E-state index contributed by atoms with van der Waals surface area (Å²) in [6.07, 6.45) is 7.79. The normalized spacial score (nSPS) is 18.0. The van der Waals surface area contributed by atoms with E-state index >= 15 is 0 Å². The number of hydrogen-bond acceptors (Lipinski definition) is 4. The van der Waals surface area contributed by atoms with Crippen molar-refractivity contribution >= 4 is 11.6 Å². The van der Waals surface area contributed by atoms with Gasteiger partial charge in [0, 0.05) is 49.5 Å². The molecule has 0 radical (unpaired) electrons. The average Bonchev–Trinajstić information content (AvgIpc) is 2.97. The maximum atomic E-state index is 12.3. The molecule has 1 N–H and O–H groups in total. The van der Waals surface area contributed by atoms with Crippen molar-refractivity contribution < 1.29 is 4.79 Å². The summed E-state index contributed by atoms with van der Waals surface area (Å²) in [5, 5.41) is 3.41. The lowest BCUT2D eigenvalue weighted by atomic mass is 10.2. The highest BCUT2D eigenvalue weighted by atomic mass is 16.2. The minimum Gasteiger partial charge on any atom is -0.379 e. The summed E-state index contributed by atoms with van der Waals surface area (Å²) >= 11 is 0. The van der Waals surface area contributed by atoms with E-state index in [-0.39, 0.29) is 11.9 Å². The van der Waals surface area contributed by atoms with Crippen molar-refractivity contribution in [2.45, 2.75) is 12.5 Å². The van der Waals surface area contributed by atoms with Crippen molar-refractivity contribution in [2.75, 3.05) is 18.4 Å². The van der Waals surface area contributed by atoms with Gasteiger partial charge in [0.25, 0.3) is 5.91 Å². The van der Waals surface area contributed by atoms with Crippen LogP contribution >= 0.6 is 0 Å². The van der Waals surface area contributed by atoms with Crippen LogP contribution < -0.4 is 5.32 Å². The van der Waals surface area contributed by atoms with E-state index in [0.717, 1.165) is 25.2 Å². The zero-order chi connectivity index (χ0) is 13.8. The first kappa shape index (κ1) is 12.6. The van der Waals surface area contributed by atoms with Crippen LogP contribution in [0.5, 0.6) is 0 Å². The lowest BCUT2D eigenvalue weighted by molar-refractivity contribution is 0.0791. The second-order valence-corrected chi connectivity index (χ2v) is 4.86. The zero-order valence-electron chi connectivity index (χ0n) is 11.1. The quantitative estimate of drug-likeness (QED) is 0.922. The second-order valence-electron chi connectivity index (χ2n) is 4.86. The van der Waals surface area contributed by atoms with Gasteiger partial charge in [0.05, 0.1) is 5.69 Å². The molecule has 20 heavy (non-hydrogen) atoms. The molecule has 1 saturated heterocycles. The Labute approximate surface area is 117 Å². The van der Waals surface area contributed by atoms with Crippen LogP contribution in [0.15, 0.2) is 49.1 Å². The molecule has 1 aliphatic rings. The van der Waals surface area contributed by atoms with E-state index in [1.807, 2.05) is 17.0 Å². The maximum absolute atomic E-state index is 12.3. The Balaban J connectivity index is 1.61. The molecule has 0 unspecified atom stereocenters. The summed E-state index contributed by atoms with van der Waals surface area (Å²) in [5.74, 6) is 0.0721. The van der Waals surface area contributed by atoms with Crippen LogP contribution in [0.4, 0.5) is 5.69 Å². The average molecular weight is 268 g/mol. The van der Waals surface area contributed by atoms with Gasteiger partial charge in [-0.05, 0) is 30.7 Å². The smallest absolute Gasteiger partial charge is 0.254 e. The molecule has 0 saturated carbocycles. The molecule has 1 atom stereocenters. The van der Waals surface area contributed by atoms with Crippen molar-refractivity contribution in [3.63, 3.8) is 0 Å². The number of aromatic nitrogens is 2. The number of rotatable bonds is 3. The van der Waals surface area contributed by atoms with Gasteiger partial charge in [0.1, 0.15) is 0 Å². The van der Waals surface area contributed by atoms with Gasteiger partial charge in [0.2, 0.25) is 0 Å². The SMILES string of the molecule is O=C(c1ccncc1)N1CC[C@H](Nc2cccnc2)C1. The Bertz CT molecular complexity index is 573. The number of anilines is 1. The molecular formula is C15H16N4O. The molecule has 0 spiro atoms. The van der Waals surface area contributed by atoms with Crippen molar-refractivity contribution in [2.24, 2.45) is 0 Å². The van der Waals surface area contributed by atoms with E-state index in [4.69, 9.17) is 0 Å². The predicted molar refractivity (Wildman–Crippen MR) is 76.4 cm³/mol. The molecule has 1 amide bonds. The molecular weight excluding hydrogens is 252 g/mol. The summed E-state index contributed by atoms with van der Waals surface area (Å²) in [4.78, 5) is 22.2. The minimum atomic E-state index is 0.0721. The molecule has 2 aromatic rings. The van der Waals surface area contributed by atoms with Gasteiger partial charge in [-0.3, -0.25) is 14.8 Å². The first-order chi connectivity index (χ1) is 9.83. The molecule has 0 aromatic carbocycles. The van der Waals surface area contributed by atoms with Crippen molar-refractivity contribution in [1.82, 2.24) is 14.9 Å². The fraction of sp³-hybridized carbons (Fsp3) is 0.267. The van der Waals surface area contributed by atoms with Crippen LogP contribution in [-0.2, 0) is 0 Å². The van der Waals surface area contributed by atoms with Crippen LogP contribution in [0.25, 0.3) is 0 Å². The standard InChI is InChI=1S/C15H16N4O/c20-15(12-3-7-16-8-4-12)19-9-5-14(11-19)18-13-2-1-6-17-10-13/h1-4,6-8,10,14,18H,5,9,11H2/t14-/m0/s1. The first-order valence-electron chi connectivity index (χ1n) is 6.69. The van der Waals surface area contributed by atoms with Crippen LogP contribution in [0.1, 0.15) is 16.8 Å². The number of pyridine rings is 2. The van der Waals surface area contributed by atoms with Gasteiger partial charge in [0.15, 0.2) is 0 Å². The van der Waals surface area contributed by atoms with E-state index in [9.17, 15) is 4.79 Å². The third-order valence-electron chi connectivity index (χ3n) is 3.44. The van der Waals surface area contributed by atoms with E-state index in [1.165, 1.54) is 0 Å². The monoisotopic (exact) mass is 268 g/mol. The van der Waals surface area contributed by atoms with Crippen LogP contribution in [-0.4, -0.2) is 39.9 Å². The van der Waals surface area contributed by atoms with Gasteiger partial charge < -0.3 is 10.2 Å². The van der Waals surface area contributed by atoms with Crippen LogP contribution in [0.3, 0.4) is 0 Å². The molecule has 0 bridgehead atoms. The third-order valence-corrected chi connectivity index (χ3v) is 3.44. The Hall–Kier alpha value is -2.43. The van der Waals surface area contributed by atoms with Gasteiger partial charge in [-0.2, -0.15) is 0 Å². The number of amides is 1. The molecule has 5 nitrogen and oxygen atoms in total. The number of carbonyl (C=O) groups excluding carboxylic acids is 1. The van der Waals surface area contributed by atoms with E-state index in [0.29, 0.717) is 5.56 Å². The summed E-state index contributed by atoms with van der Waals surface area (Å²) < 4.78 is 0. The highest BCUT2D eigenvalue weighted by Gasteiger charge is 2.26. The molecule has 0 aliphatic carbocycles. The lowest BCUT2D eigenvalue weighted by Crippen LogP contribution is -2.31. The maximum Gasteiger partial charge on any atom is 0.254 e. The van der Waals surface area contributed by atoms with Crippen molar-refractivity contribution in [3.8, 4) is 0 Å². The molecule has 3 heterocycles. The van der Waals surface area contributed by atoms with E-state index in [2.05, 4.69) is 15.3 Å². The van der Waals surface area contributed by atoms with Gasteiger partial charge in [-0.1, -0.05) is 0 Å². The topological polar surface area (TPSA) is 58.1 Å². The summed E-state index contributed by atoms with van der Waals surface area (Å²) in [6, 6.07) is 7.68. The van der Waals surface area contributed by atoms with Crippen molar-refractivity contribution in [3.05, 3.63) is 54.6 Å². The Morgan fingerprint density at radius 3 is 2.80 bits per heavy atom. The number of hydrogen-bond donors (Lipinski definition) is 1. The Kier molecular flexibility index (Phi) is 3.58. The van der Waals surface area contributed by atoms with Crippen LogP contribution in [0.2, 0.25) is 0 Å². The Morgan fingerprint density at radius 1 is 1.20 bits per heavy atom. The molecule has 3 rings (SSSR count).